The highest BCUT2D eigenvalue weighted by Crippen LogP contribution is 2.35. The van der Waals surface area contributed by atoms with E-state index in [4.69, 9.17) is 25.8 Å². The van der Waals surface area contributed by atoms with Crippen molar-refractivity contribution in [3.05, 3.63) is 353 Å². The fourth-order valence-electron chi connectivity index (χ4n) is 16.4. The summed E-state index contributed by atoms with van der Waals surface area (Å²) in [4.78, 5) is 70.7. The van der Waals surface area contributed by atoms with Gasteiger partial charge in [-0.05, 0) is 221 Å². The van der Waals surface area contributed by atoms with Crippen LogP contribution in [-0.2, 0) is 22.6 Å². The minimum absolute atomic E-state index is 0.0755. The molecule has 0 bridgehead atoms. The number of aromatic nitrogens is 19. The van der Waals surface area contributed by atoms with E-state index in [2.05, 4.69) is 189 Å². The molecule has 145 heavy (non-hydrogen) atoms. The summed E-state index contributed by atoms with van der Waals surface area (Å²) < 4.78 is 26.8. The van der Waals surface area contributed by atoms with E-state index in [9.17, 15) is 24.8 Å². The normalized spacial score (nSPS) is 12.4. The first-order valence-electron chi connectivity index (χ1n) is 47.0. The lowest BCUT2D eigenvalue weighted by atomic mass is 10.1. The predicted molar refractivity (Wildman–Crippen MR) is 561 cm³/mol. The van der Waals surface area contributed by atoms with Crippen molar-refractivity contribution in [3.8, 4) is 62.0 Å². The lowest BCUT2D eigenvalue weighted by Gasteiger charge is -2.28. The Morgan fingerprint density at radius 1 is 0.462 bits per heavy atom. The molecule has 2 fully saturated rings. The van der Waals surface area contributed by atoms with Crippen LogP contribution in [0.15, 0.2) is 304 Å². The zero-order chi connectivity index (χ0) is 100. The van der Waals surface area contributed by atoms with Gasteiger partial charge in [-0.1, -0.05) is 115 Å². The number of anilines is 11. The first-order chi connectivity index (χ1) is 70.7. The number of benzene rings is 7. The summed E-state index contributed by atoms with van der Waals surface area (Å²) >= 11 is 6.11. The van der Waals surface area contributed by atoms with Crippen LogP contribution in [0.2, 0.25) is 5.02 Å². The summed E-state index contributed by atoms with van der Waals surface area (Å²) in [7, 11) is 3.02. The van der Waals surface area contributed by atoms with Gasteiger partial charge >= 0.3 is 5.69 Å². The third-order valence-electron chi connectivity index (χ3n) is 23.4. The van der Waals surface area contributed by atoms with Gasteiger partial charge in [0.2, 0.25) is 29.7 Å². The maximum Gasteiger partial charge on any atom is 0.311 e. The summed E-state index contributed by atoms with van der Waals surface area (Å²) in [6.45, 7) is 19.2. The van der Waals surface area contributed by atoms with Gasteiger partial charge in [0.05, 0.1) is 85.4 Å². The SMILES string of the molecule is CC(C)Cn1cc(-c2cccc3nc(Nc4ccnc(CO)c4)nn23)cn1.CNC(=O)c1ccc(Nc2nc3cccc(-c4cccc(C)c4)n3n2)cc1.COc1ccc(-c2cccc3nc(Nc4ccc(N5CCOCC5)cc4)nn23)cc1[N+](=O)[O-].Cc1cc(Nc2nc3cccc(-c4cccc(Cl)c4)n3n2)ccn1.Cc1cccc(-c2cccc3nc(Nc4ccc(C(=O)NCCN5CCOCC5)cc4)nn23)c1. The maximum absolute atomic E-state index is 12.5. The Bertz CT molecular complexity index is 7930. The number of carbonyl (C=O) groups is 2. The van der Waals surface area contributed by atoms with E-state index in [1.165, 1.54) is 24.3 Å². The Morgan fingerprint density at radius 3 is 1.31 bits per heavy atom. The molecule has 2 aliphatic rings. The van der Waals surface area contributed by atoms with Gasteiger partial charge in [-0.2, -0.15) is 30.0 Å². The number of aliphatic hydroxyl groups excluding tert-OH is 1. The average Bonchev–Trinajstić information content (AvgIpc) is 1.65. The number of amides is 2. The van der Waals surface area contributed by atoms with Crippen LogP contribution in [0.25, 0.3) is 84.5 Å². The fourth-order valence-corrected chi connectivity index (χ4v) is 16.6. The summed E-state index contributed by atoms with van der Waals surface area (Å²) in [5.74, 6) is 3.00. The van der Waals surface area contributed by atoms with E-state index >= 15 is 0 Å². The third kappa shape index (κ3) is 24.5. The van der Waals surface area contributed by atoms with Gasteiger partial charge in [0.25, 0.3) is 11.8 Å². The molecule has 22 rings (SSSR count). The molecule has 0 spiro atoms. The number of nitrogens with one attached hydrogen (secondary N) is 7. The number of nitro groups is 1. The highest BCUT2D eigenvalue weighted by molar-refractivity contribution is 6.30. The lowest BCUT2D eigenvalue weighted by Crippen LogP contribution is -2.41. The first kappa shape index (κ1) is 97.4. The lowest BCUT2D eigenvalue weighted by molar-refractivity contribution is -0.385. The molecular weight excluding hydrogens is 1850 g/mol. The molecule has 0 unspecified atom stereocenters. The number of hydrogen-bond donors (Lipinski definition) is 8. The topological polar surface area (TPSA) is 410 Å². The van der Waals surface area contributed by atoms with Crippen molar-refractivity contribution in [2.75, 3.05) is 111 Å². The number of aryl methyl sites for hydroxylation is 3. The van der Waals surface area contributed by atoms with Crippen LogP contribution in [-0.4, -0.2) is 199 Å². The van der Waals surface area contributed by atoms with Crippen molar-refractivity contribution in [1.82, 2.24) is 108 Å². The molecule has 8 N–H and O–H groups in total. The number of nitrogens with zero attached hydrogens (tertiary/aromatic N) is 22. The molecule has 38 heteroatoms. The Labute approximate surface area is 838 Å². The van der Waals surface area contributed by atoms with Crippen LogP contribution in [0.1, 0.15) is 57.1 Å². The van der Waals surface area contributed by atoms with E-state index in [-0.39, 0.29) is 29.9 Å². The van der Waals surface area contributed by atoms with E-state index in [1.54, 1.807) is 70.9 Å². The van der Waals surface area contributed by atoms with Crippen molar-refractivity contribution in [2.24, 2.45) is 5.92 Å². The van der Waals surface area contributed by atoms with Crippen LogP contribution in [0.3, 0.4) is 0 Å². The monoisotopic (exact) mass is 1960 g/mol. The molecule has 0 aliphatic carbocycles. The van der Waals surface area contributed by atoms with Crippen LogP contribution in [0.4, 0.5) is 69.6 Å². The Hall–Kier alpha value is -17.8. The molecule has 0 saturated carbocycles. The van der Waals surface area contributed by atoms with Crippen molar-refractivity contribution in [1.29, 1.82) is 0 Å². The maximum atomic E-state index is 12.5. The van der Waals surface area contributed by atoms with Crippen LogP contribution < -0.4 is 46.9 Å². The zero-order valence-electron chi connectivity index (χ0n) is 80.5. The second-order valence-corrected chi connectivity index (χ2v) is 34.9. The molecule has 15 heterocycles. The van der Waals surface area contributed by atoms with Gasteiger partial charge in [-0.3, -0.25) is 39.3 Å². The molecule has 7 aromatic carbocycles. The van der Waals surface area contributed by atoms with E-state index in [0.717, 1.165) is 173 Å². The van der Waals surface area contributed by atoms with Crippen LogP contribution >= 0.6 is 11.6 Å². The molecule has 732 valence electrons. The molecule has 0 radical (unpaired) electrons. The summed E-state index contributed by atoms with van der Waals surface area (Å²) in [6, 6.07) is 88.3. The standard InChI is InChI=1S/C26H28N6O2.C23H22N6O4.C21H19N5O.C19H21N7O.C18H14ClN5/c1-19-4-2-5-21(18-19)23-6-3-7-24-29-26(30-32(23)24)28-22-10-8-20(9-11-22)25(33)27-12-13-31-14-16-34-17-15-31;1-32-21-10-5-16(15-20(21)29(30)31)19-3-2-4-22-25-23(26-28(19)22)24-17-6-8-18(9-7-17)27-11-13-33-14-12-27;1-14-5-3-6-16(13-14)18-7-4-8-19-24-21(25-26(18)19)23-17-11-9-15(10-12-17)20(27)22-2;1-13(2)10-25-11-14(9-21-25)17-4-3-5-18-23-19(24-26(17)18)22-15-6-7-20-16(8-15)12-27;1-12-10-15(8-9-20-12)21-18-22-17-7-3-6-16(24(17)23-18)13-4-2-5-14(19)11-13/h2-11,18H,12-17H2,1H3,(H,27,33)(H,28,30);2-10,15H,11-14H2,1H3,(H,24,26);3-13H,1-2H3,(H,22,27)(H,23,25);3-9,11,13,27H,10,12H2,1-2H3,(H,20,22,24);2-11H,1H3,(H,20,21,23). The van der Waals surface area contributed by atoms with Crippen LogP contribution in [0, 0.1) is 36.8 Å². The molecule has 20 aromatic rings. The average molecular weight is 1960 g/mol. The fraction of sp³-hybridized carbons (Fsp3) is 0.187. The van der Waals surface area contributed by atoms with Gasteiger partial charge in [0, 0.05) is 161 Å². The highest BCUT2D eigenvalue weighted by atomic mass is 35.5. The Balaban J connectivity index is 0.000000120. The smallest absolute Gasteiger partial charge is 0.311 e. The highest BCUT2D eigenvalue weighted by Gasteiger charge is 2.23. The van der Waals surface area contributed by atoms with Gasteiger partial charge in [0.1, 0.15) is 0 Å². The summed E-state index contributed by atoms with van der Waals surface area (Å²) in [6.07, 6.45) is 7.27. The molecule has 2 amide bonds. The molecule has 2 saturated heterocycles. The largest absolute Gasteiger partial charge is 0.490 e. The molecule has 13 aromatic heterocycles. The number of nitro benzene ring substituents is 1. The predicted octanol–water partition coefficient (Wildman–Crippen LogP) is 18.6. The van der Waals surface area contributed by atoms with Crippen molar-refractivity contribution in [3.63, 3.8) is 0 Å². The first-order valence-corrected chi connectivity index (χ1v) is 47.4. The van der Waals surface area contributed by atoms with Gasteiger partial charge in [-0.15, -0.1) is 25.5 Å². The van der Waals surface area contributed by atoms with E-state index in [0.29, 0.717) is 81.0 Å². The zero-order valence-corrected chi connectivity index (χ0v) is 81.2. The van der Waals surface area contributed by atoms with Gasteiger partial charge < -0.3 is 61.4 Å². The number of morpholine rings is 2. The number of carbonyl (C=O) groups excluding carboxylic acids is 2. The Kier molecular flexibility index (Phi) is 30.7. The molecule has 2 aliphatic heterocycles. The second-order valence-electron chi connectivity index (χ2n) is 34.4. The minimum Gasteiger partial charge on any atom is -0.490 e. The van der Waals surface area contributed by atoms with Crippen LogP contribution in [0.5, 0.6) is 5.75 Å². The van der Waals surface area contributed by atoms with Crippen molar-refractivity contribution < 1.29 is 33.8 Å². The third-order valence-corrected chi connectivity index (χ3v) is 23.7. The number of rotatable bonds is 26. The molecular formula is C107H104ClN29O8. The number of fused-ring (bicyclic) bond motifs is 5. The van der Waals surface area contributed by atoms with Gasteiger partial charge in [0.15, 0.2) is 34.0 Å². The second kappa shape index (κ2) is 45.6. The van der Waals surface area contributed by atoms with Crippen molar-refractivity contribution in [2.45, 2.75) is 47.8 Å². The molecule has 37 nitrogen and oxygen atoms in total. The number of halogens is 1. The number of hydrogen-bond acceptors (Lipinski definition) is 28. The van der Waals surface area contributed by atoms with E-state index in [1.807, 2.05) is 220 Å². The number of ether oxygens (including phenoxy) is 3. The Morgan fingerprint density at radius 2 is 0.876 bits per heavy atom. The molecule has 0 atom stereocenters. The number of pyridine rings is 7. The quantitative estimate of drug-likeness (QED) is 0.0184. The number of aliphatic hydroxyl groups is 1. The van der Waals surface area contributed by atoms with Crippen molar-refractivity contribution >= 4 is 121 Å². The minimum atomic E-state index is -0.461. The number of methoxy groups -OCH3 is 1. The van der Waals surface area contributed by atoms with Gasteiger partial charge in [-0.25, -0.2) is 22.6 Å². The van der Waals surface area contributed by atoms with E-state index < -0.39 is 4.92 Å². The summed E-state index contributed by atoms with van der Waals surface area (Å²) in [5, 5.41) is 70.4. The summed E-state index contributed by atoms with van der Waals surface area (Å²) in [5.41, 5.74) is 23.3.